The smallest absolute Gasteiger partial charge is 0.408 e. The molecule has 1 aromatic carbocycles. The first-order valence-electron chi connectivity index (χ1n) is 9.72. The number of benzene rings is 1. The Balaban J connectivity index is 3.06. The van der Waals surface area contributed by atoms with Crippen LogP contribution in [-0.2, 0) is 14.3 Å². The van der Waals surface area contributed by atoms with Gasteiger partial charge in [0, 0.05) is 12.6 Å². The van der Waals surface area contributed by atoms with Crippen molar-refractivity contribution in [1.82, 2.24) is 15.5 Å². The number of nitrogens with one attached hydrogen (secondary N) is 2. The summed E-state index contributed by atoms with van der Waals surface area (Å²) in [5.74, 6) is -0.681. The SMILES string of the molecule is Cc1cc(C)cc(C(C(=O)NC(C)(C)C)N(C)C(=O)CNC(=O)OC(C)(C)C)c1. The first kappa shape index (κ1) is 24.5. The first-order valence-corrected chi connectivity index (χ1v) is 9.72. The van der Waals surface area contributed by atoms with Crippen LogP contribution in [0.2, 0.25) is 0 Å². The summed E-state index contributed by atoms with van der Waals surface area (Å²) in [6.07, 6.45) is -0.679. The molecule has 1 rings (SSSR count). The van der Waals surface area contributed by atoms with Crippen molar-refractivity contribution in [2.45, 2.75) is 72.6 Å². The van der Waals surface area contributed by atoms with E-state index in [0.29, 0.717) is 0 Å². The van der Waals surface area contributed by atoms with Gasteiger partial charge in [0.05, 0.1) is 0 Å². The molecule has 3 amide bonds. The number of likely N-dealkylation sites (N-methyl/N-ethyl adjacent to an activating group) is 1. The van der Waals surface area contributed by atoms with Gasteiger partial charge in [-0.25, -0.2) is 4.79 Å². The van der Waals surface area contributed by atoms with E-state index in [1.54, 1.807) is 27.8 Å². The van der Waals surface area contributed by atoms with Crippen LogP contribution >= 0.6 is 0 Å². The summed E-state index contributed by atoms with van der Waals surface area (Å²) < 4.78 is 5.16. The van der Waals surface area contributed by atoms with Crippen LogP contribution < -0.4 is 10.6 Å². The molecule has 0 bridgehead atoms. The molecule has 0 aliphatic carbocycles. The first-order chi connectivity index (χ1) is 13.1. The lowest BCUT2D eigenvalue weighted by Crippen LogP contribution is -2.50. The molecular weight excluding hydrogens is 370 g/mol. The molecule has 0 aliphatic rings. The second-order valence-electron chi connectivity index (χ2n) is 9.42. The monoisotopic (exact) mass is 405 g/mol. The normalized spacial score (nSPS) is 12.7. The third-order valence-electron chi connectivity index (χ3n) is 3.87. The quantitative estimate of drug-likeness (QED) is 0.787. The van der Waals surface area contributed by atoms with E-state index in [4.69, 9.17) is 4.74 Å². The van der Waals surface area contributed by atoms with E-state index in [-0.39, 0.29) is 12.5 Å². The Labute approximate surface area is 174 Å². The number of carbonyl (C=O) groups is 3. The summed E-state index contributed by atoms with van der Waals surface area (Å²) in [5, 5.41) is 5.40. The van der Waals surface area contributed by atoms with Crippen molar-refractivity contribution in [3.63, 3.8) is 0 Å². The van der Waals surface area contributed by atoms with E-state index in [0.717, 1.165) is 16.7 Å². The third kappa shape index (κ3) is 8.54. The zero-order chi connectivity index (χ0) is 22.6. The number of ether oxygens (including phenoxy) is 1. The number of nitrogens with zero attached hydrogens (tertiary/aromatic N) is 1. The maximum atomic E-state index is 13.0. The fourth-order valence-electron chi connectivity index (χ4n) is 2.89. The zero-order valence-electron chi connectivity index (χ0n) is 19.1. The zero-order valence-corrected chi connectivity index (χ0v) is 19.1. The molecule has 0 saturated carbocycles. The van der Waals surface area contributed by atoms with Crippen molar-refractivity contribution >= 4 is 17.9 Å². The molecule has 1 aromatic rings. The molecule has 0 spiro atoms. The van der Waals surface area contributed by atoms with Crippen molar-refractivity contribution in [3.05, 3.63) is 34.9 Å². The highest BCUT2D eigenvalue weighted by Gasteiger charge is 2.31. The lowest BCUT2D eigenvalue weighted by atomic mass is 9.98. The van der Waals surface area contributed by atoms with E-state index in [1.807, 2.05) is 52.8 Å². The van der Waals surface area contributed by atoms with Gasteiger partial charge in [0.2, 0.25) is 11.8 Å². The average Bonchev–Trinajstić information content (AvgIpc) is 2.48. The van der Waals surface area contributed by atoms with E-state index in [1.165, 1.54) is 4.90 Å². The minimum Gasteiger partial charge on any atom is -0.444 e. The molecule has 1 atom stereocenters. The molecule has 0 aliphatic heterocycles. The Morgan fingerprint density at radius 1 is 1.00 bits per heavy atom. The lowest BCUT2D eigenvalue weighted by molar-refractivity contribution is -0.139. The molecule has 162 valence electrons. The van der Waals surface area contributed by atoms with Gasteiger partial charge in [-0.2, -0.15) is 0 Å². The highest BCUT2D eigenvalue weighted by atomic mass is 16.6. The molecular formula is C22H35N3O4. The van der Waals surface area contributed by atoms with Crippen LogP contribution in [-0.4, -0.2) is 47.5 Å². The number of hydrogen-bond donors (Lipinski definition) is 2. The van der Waals surface area contributed by atoms with Crippen LogP contribution in [0.4, 0.5) is 4.79 Å². The van der Waals surface area contributed by atoms with Crippen LogP contribution in [0.3, 0.4) is 0 Å². The van der Waals surface area contributed by atoms with Gasteiger partial charge < -0.3 is 20.3 Å². The Morgan fingerprint density at radius 3 is 1.97 bits per heavy atom. The third-order valence-corrected chi connectivity index (χ3v) is 3.87. The average molecular weight is 406 g/mol. The lowest BCUT2D eigenvalue weighted by Gasteiger charge is -2.31. The van der Waals surface area contributed by atoms with Crippen molar-refractivity contribution < 1.29 is 19.1 Å². The molecule has 7 heteroatoms. The predicted octanol–water partition coefficient (Wildman–Crippen LogP) is 3.24. The molecule has 7 nitrogen and oxygen atoms in total. The van der Waals surface area contributed by atoms with Gasteiger partial charge in [-0.3, -0.25) is 9.59 Å². The number of hydrogen-bond acceptors (Lipinski definition) is 4. The van der Waals surface area contributed by atoms with E-state index >= 15 is 0 Å². The molecule has 0 aromatic heterocycles. The molecule has 1 unspecified atom stereocenters. The number of alkyl carbamates (subject to hydrolysis) is 1. The number of rotatable bonds is 5. The molecule has 0 fully saturated rings. The number of carbonyl (C=O) groups excluding carboxylic acids is 3. The highest BCUT2D eigenvalue weighted by molar-refractivity contribution is 5.90. The standard InChI is InChI=1S/C22H35N3O4/c1-14-10-15(2)12-16(11-14)18(19(27)24-21(3,4)5)25(9)17(26)13-23-20(28)29-22(6,7)8/h10-12,18H,13H2,1-9H3,(H,23,28)(H,24,27). The van der Waals surface area contributed by atoms with Crippen LogP contribution in [0.1, 0.15) is 64.3 Å². The van der Waals surface area contributed by atoms with Crippen LogP contribution in [0.15, 0.2) is 18.2 Å². The summed E-state index contributed by atoms with van der Waals surface area (Å²) in [6, 6.07) is 4.98. The summed E-state index contributed by atoms with van der Waals surface area (Å²) >= 11 is 0. The van der Waals surface area contributed by atoms with Crippen molar-refractivity contribution in [2.24, 2.45) is 0 Å². The maximum absolute atomic E-state index is 13.0. The minimum absolute atomic E-state index is 0.268. The van der Waals surface area contributed by atoms with Crippen LogP contribution in [0.5, 0.6) is 0 Å². The Kier molecular flexibility index (Phi) is 7.83. The maximum Gasteiger partial charge on any atom is 0.408 e. The predicted molar refractivity (Wildman–Crippen MR) is 114 cm³/mol. The van der Waals surface area contributed by atoms with Gasteiger partial charge in [0.25, 0.3) is 0 Å². The largest absolute Gasteiger partial charge is 0.444 e. The van der Waals surface area contributed by atoms with E-state index < -0.39 is 29.2 Å². The van der Waals surface area contributed by atoms with Gasteiger partial charge in [0.1, 0.15) is 18.2 Å². The van der Waals surface area contributed by atoms with Crippen molar-refractivity contribution in [1.29, 1.82) is 0 Å². The van der Waals surface area contributed by atoms with Gasteiger partial charge in [0.15, 0.2) is 0 Å². The highest BCUT2D eigenvalue weighted by Crippen LogP contribution is 2.23. The van der Waals surface area contributed by atoms with Crippen LogP contribution in [0.25, 0.3) is 0 Å². The van der Waals surface area contributed by atoms with E-state index in [2.05, 4.69) is 10.6 Å². The van der Waals surface area contributed by atoms with E-state index in [9.17, 15) is 14.4 Å². The number of amides is 3. The molecule has 2 N–H and O–H groups in total. The summed E-state index contributed by atoms with van der Waals surface area (Å²) in [4.78, 5) is 39.0. The topological polar surface area (TPSA) is 87.7 Å². The minimum atomic E-state index is -0.819. The summed E-state index contributed by atoms with van der Waals surface area (Å²) in [7, 11) is 1.56. The summed E-state index contributed by atoms with van der Waals surface area (Å²) in [6.45, 7) is 14.5. The number of aryl methyl sites for hydroxylation is 2. The Bertz CT molecular complexity index is 740. The van der Waals surface area contributed by atoms with Crippen LogP contribution in [0, 0.1) is 13.8 Å². The van der Waals surface area contributed by atoms with Crippen molar-refractivity contribution in [3.8, 4) is 0 Å². The fourth-order valence-corrected chi connectivity index (χ4v) is 2.89. The molecule has 0 saturated heterocycles. The second kappa shape index (κ2) is 9.29. The van der Waals surface area contributed by atoms with Crippen molar-refractivity contribution in [2.75, 3.05) is 13.6 Å². The van der Waals surface area contributed by atoms with Gasteiger partial charge in [-0.15, -0.1) is 0 Å². The van der Waals surface area contributed by atoms with Gasteiger partial charge in [-0.1, -0.05) is 29.3 Å². The summed E-state index contributed by atoms with van der Waals surface area (Å²) in [5.41, 5.74) is 1.61. The second-order valence-corrected chi connectivity index (χ2v) is 9.42. The Hall–Kier alpha value is -2.57. The molecule has 0 radical (unpaired) electrons. The van der Waals surface area contributed by atoms with Gasteiger partial charge in [-0.05, 0) is 61.0 Å². The van der Waals surface area contributed by atoms with Gasteiger partial charge >= 0.3 is 6.09 Å². The fraction of sp³-hybridized carbons (Fsp3) is 0.591. The molecule has 0 heterocycles. The Morgan fingerprint density at radius 2 is 1.52 bits per heavy atom. The molecule has 29 heavy (non-hydrogen) atoms.